The third-order valence-corrected chi connectivity index (χ3v) is 3.38. The minimum atomic E-state index is -0.501. The van der Waals surface area contributed by atoms with Gasteiger partial charge in [0.15, 0.2) is 5.96 Å². The molecule has 0 saturated carbocycles. The molecule has 1 heterocycles. The van der Waals surface area contributed by atoms with Gasteiger partial charge in [-0.25, -0.2) is 0 Å². The number of hydrogen-bond acceptors (Lipinski definition) is 4. The average molecular weight is 326 g/mol. The molecule has 132 valence electrons. The molecule has 0 bridgehead atoms. The summed E-state index contributed by atoms with van der Waals surface area (Å²) in [6.07, 6.45) is 0.867. The molecule has 23 heavy (non-hydrogen) atoms. The van der Waals surface area contributed by atoms with Crippen molar-refractivity contribution in [3.63, 3.8) is 0 Å². The Morgan fingerprint density at radius 1 is 1.35 bits per heavy atom. The highest BCUT2D eigenvalue weighted by Crippen LogP contribution is 2.12. The average Bonchev–Trinajstić information content (AvgIpc) is 2.88. The Morgan fingerprint density at radius 2 is 2.00 bits per heavy atom. The maximum Gasteiger partial charge on any atom is 0.325 e. The first kappa shape index (κ1) is 19.3. The van der Waals surface area contributed by atoms with E-state index in [2.05, 4.69) is 15.6 Å². The number of hydrogen-bond donors (Lipinski definition) is 2. The van der Waals surface area contributed by atoms with Crippen LogP contribution in [-0.4, -0.2) is 61.1 Å². The second-order valence-corrected chi connectivity index (χ2v) is 7.08. The van der Waals surface area contributed by atoms with Crippen LogP contribution in [0.5, 0.6) is 0 Å². The number of carbonyl (C=O) groups excluding carboxylic acids is 2. The molecule has 0 aromatic carbocycles. The molecule has 1 aliphatic rings. The first-order valence-corrected chi connectivity index (χ1v) is 8.10. The maximum absolute atomic E-state index is 12.0. The molecule has 7 nitrogen and oxygen atoms in total. The van der Waals surface area contributed by atoms with Crippen LogP contribution in [0.1, 0.15) is 41.0 Å². The fraction of sp³-hybridized carbons (Fsp3) is 0.812. The van der Waals surface area contributed by atoms with Crippen LogP contribution in [-0.2, 0) is 14.3 Å². The van der Waals surface area contributed by atoms with Crippen LogP contribution in [0.4, 0.5) is 0 Å². The number of ether oxygens (including phenoxy) is 1. The minimum absolute atomic E-state index is 0.0124. The van der Waals surface area contributed by atoms with E-state index >= 15 is 0 Å². The Kier molecular flexibility index (Phi) is 6.84. The predicted molar refractivity (Wildman–Crippen MR) is 90.2 cm³/mol. The molecule has 1 saturated heterocycles. The summed E-state index contributed by atoms with van der Waals surface area (Å²) in [5, 5.41) is 6.19. The SMILES string of the molecule is CN=C(NCC(=O)OC(C)(C)C)NC1CCN(C(=O)C(C)C)C1. The Balaban J connectivity index is 2.41. The van der Waals surface area contributed by atoms with Gasteiger partial charge in [0.25, 0.3) is 0 Å². The summed E-state index contributed by atoms with van der Waals surface area (Å²) >= 11 is 0. The lowest BCUT2D eigenvalue weighted by Crippen LogP contribution is -2.47. The molecule has 2 N–H and O–H groups in total. The third-order valence-electron chi connectivity index (χ3n) is 3.38. The van der Waals surface area contributed by atoms with Gasteiger partial charge in [-0.1, -0.05) is 13.8 Å². The molecule has 0 radical (unpaired) electrons. The zero-order valence-corrected chi connectivity index (χ0v) is 15.1. The number of esters is 1. The van der Waals surface area contributed by atoms with E-state index < -0.39 is 5.60 Å². The van der Waals surface area contributed by atoms with E-state index in [0.717, 1.165) is 13.0 Å². The molecule has 1 rings (SSSR count). The largest absolute Gasteiger partial charge is 0.459 e. The fourth-order valence-electron chi connectivity index (χ4n) is 2.36. The molecule has 0 aliphatic carbocycles. The number of guanidine groups is 1. The summed E-state index contributed by atoms with van der Waals surface area (Å²) in [5.41, 5.74) is -0.501. The fourth-order valence-corrected chi connectivity index (χ4v) is 2.36. The van der Waals surface area contributed by atoms with Crippen molar-refractivity contribution in [2.45, 2.75) is 52.7 Å². The van der Waals surface area contributed by atoms with E-state index in [1.807, 2.05) is 39.5 Å². The summed E-state index contributed by atoms with van der Waals surface area (Å²) in [6.45, 7) is 10.8. The molecular weight excluding hydrogens is 296 g/mol. The van der Waals surface area contributed by atoms with Crippen molar-refractivity contribution in [2.75, 3.05) is 26.7 Å². The predicted octanol–water partition coefficient (Wildman–Crippen LogP) is 0.750. The van der Waals surface area contributed by atoms with Gasteiger partial charge in [-0.2, -0.15) is 0 Å². The lowest BCUT2D eigenvalue weighted by atomic mass is 10.2. The van der Waals surface area contributed by atoms with Crippen molar-refractivity contribution in [1.82, 2.24) is 15.5 Å². The Labute approximate surface area is 138 Å². The van der Waals surface area contributed by atoms with Gasteiger partial charge in [-0.05, 0) is 27.2 Å². The summed E-state index contributed by atoms with van der Waals surface area (Å²) in [6, 6.07) is 0.141. The monoisotopic (exact) mass is 326 g/mol. The van der Waals surface area contributed by atoms with E-state index in [0.29, 0.717) is 12.5 Å². The lowest BCUT2D eigenvalue weighted by molar-refractivity contribution is -0.153. The van der Waals surface area contributed by atoms with Crippen molar-refractivity contribution in [3.8, 4) is 0 Å². The number of amides is 1. The Hall–Kier alpha value is -1.79. The van der Waals surface area contributed by atoms with Gasteiger partial charge in [-0.15, -0.1) is 0 Å². The number of likely N-dealkylation sites (tertiary alicyclic amines) is 1. The first-order valence-electron chi connectivity index (χ1n) is 8.10. The molecular formula is C16H30N4O3. The van der Waals surface area contributed by atoms with Crippen LogP contribution >= 0.6 is 0 Å². The number of carbonyl (C=O) groups is 2. The zero-order valence-electron chi connectivity index (χ0n) is 15.1. The van der Waals surface area contributed by atoms with Crippen LogP contribution < -0.4 is 10.6 Å². The molecule has 0 aromatic rings. The Morgan fingerprint density at radius 3 is 2.52 bits per heavy atom. The molecule has 1 atom stereocenters. The summed E-state index contributed by atoms with van der Waals surface area (Å²) in [5.74, 6) is 0.396. The molecule has 1 amide bonds. The number of nitrogens with zero attached hydrogens (tertiary/aromatic N) is 2. The van der Waals surface area contributed by atoms with Gasteiger partial charge in [0.05, 0.1) is 0 Å². The minimum Gasteiger partial charge on any atom is -0.459 e. The summed E-state index contributed by atoms with van der Waals surface area (Å²) in [7, 11) is 1.65. The standard InChI is InChI=1S/C16H30N4O3/c1-11(2)14(22)20-8-7-12(10-20)19-15(17-6)18-9-13(21)23-16(3,4)5/h11-12H,7-10H2,1-6H3,(H2,17,18,19). The highest BCUT2D eigenvalue weighted by atomic mass is 16.6. The molecule has 0 spiro atoms. The lowest BCUT2D eigenvalue weighted by Gasteiger charge is -2.21. The quantitative estimate of drug-likeness (QED) is 0.452. The van der Waals surface area contributed by atoms with Crippen LogP contribution in [0, 0.1) is 5.92 Å². The topological polar surface area (TPSA) is 83.0 Å². The van der Waals surface area contributed by atoms with Crippen LogP contribution in [0.3, 0.4) is 0 Å². The smallest absolute Gasteiger partial charge is 0.325 e. The van der Waals surface area contributed by atoms with Crippen molar-refractivity contribution in [1.29, 1.82) is 0 Å². The van der Waals surface area contributed by atoms with Gasteiger partial charge in [-0.3, -0.25) is 14.6 Å². The van der Waals surface area contributed by atoms with E-state index in [9.17, 15) is 9.59 Å². The van der Waals surface area contributed by atoms with Gasteiger partial charge in [0, 0.05) is 32.1 Å². The van der Waals surface area contributed by atoms with Gasteiger partial charge in [0.1, 0.15) is 12.1 Å². The highest BCUT2D eigenvalue weighted by molar-refractivity contribution is 5.85. The van der Waals surface area contributed by atoms with E-state index in [-0.39, 0.29) is 30.4 Å². The van der Waals surface area contributed by atoms with E-state index in [4.69, 9.17) is 4.74 Å². The second-order valence-electron chi connectivity index (χ2n) is 7.08. The van der Waals surface area contributed by atoms with Crippen LogP contribution in [0.25, 0.3) is 0 Å². The molecule has 0 aromatic heterocycles. The second kappa shape index (κ2) is 8.17. The van der Waals surface area contributed by atoms with Gasteiger partial charge in [0.2, 0.25) is 5.91 Å². The molecule has 7 heteroatoms. The number of aliphatic imine (C=N–C) groups is 1. The van der Waals surface area contributed by atoms with Crippen molar-refractivity contribution in [2.24, 2.45) is 10.9 Å². The van der Waals surface area contributed by atoms with Crippen molar-refractivity contribution >= 4 is 17.8 Å². The highest BCUT2D eigenvalue weighted by Gasteiger charge is 2.28. The Bertz CT molecular complexity index is 455. The molecule has 1 fully saturated rings. The first-order chi connectivity index (χ1) is 10.6. The van der Waals surface area contributed by atoms with Crippen molar-refractivity contribution < 1.29 is 14.3 Å². The number of rotatable bonds is 4. The zero-order chi connectivity index (χ0) is 17.6. The third kappa shape index (κ3) is 6.88. The van der Waals surface area contributed by atoms with Crippen LogP contribution in [0.2, 0.25) is 0 Å². The molecule has 1 unspecified atom stereocenters. The van der Waals surface area contributed by atoms with Crippen LogP contribution in [0.15, 0.2) is 4.99 Å². The van der Waals surface area contributed by atoms with Gasteiger partial charge >= 0.3 is 5.97 Å². The van der Waals surface area contributed by atoms with Crippen molar-refractivity contribution in [3.05, 3.63) is 0 Å². The number of nitrogens with one attached hydrogen (secondary N) is 2. The molecule has 1 aliphatic heterocycles. The van der Waals surface area contributed by atoms with E-state index in [1.165, 1.54) is 0 Å². The summed E-state index contributed by atoms with van der Waals surface area (Å²) in [4.78, 5) is 29.7. The van der Waals surface area contributed by atoms with E-state index in [1.54, 1.807) is 7.05 Å². The maximum atomic E-state index is 12.0. The normalized spacial score (nSPS) is 19.0. The summed E-state index contributed by atoms with van der Waals surface area (Å²) < 4.78 is 5.24. The van der Waals surface area contributed by atoms with Gasteiger partial charge < -0.3 is 20.3 Å².